The Bertz CT molecular complexity index is 233. The summed E-state index contributed by atoms with van der Waals surface area (Å²) in [6.07, 6.45) is 9.31. The summed E-state index contributed by atoms with van der Waals surface area (Å²) in [7, 11) is 0. The van der Waals surface area contributed by atoms with Gasteiger partial charge in [0.25, 0.3) is 0 Å². The van der Waals surface area contributed by atoms with Crippen molar-refractivity contribution in [2.75, 3.05) is 0 Å². The molecule has 72 valence electrons. The summed E-state index contributed by atoms with van der Waals surface area (Å²) in [4.78, 5) is 0. The molecule has 0 amide bonds. The lowest BCUT2D eigenvalue weighted by molar-refractivity contribution is 0.186. The van der Waals surface area contributed by atoms with Gasteiger partial charge < -0.3 is 4.74 Å². The van der Waals surface area contributed by atoms with Crippen molar-refractivity contribution in [3.63, 3.8) is 0 Å². The summed E-state index contributed by atoms with van der Waals surface area (Å²) in [6, 6.07) is 0. The molecule has 1 nitrogen and oxygen atoms in total. The van der Waals surface area contributed by atoms with Crippen molar-refractivity contribution in [3.05, 3.63) is 12.2 Å². The van der Waals surface area contributed by atoms with Crippen LogP contribution in [0.15, 0.2) is 12.2 Å². The lowest BCUT2D eigenvalue weighted by Crippen LogP contribution is -2.27. The van der Waals surface area contributed by atoms with E-state index in [2.05, 4.69) is 6.58 Å². The van der Waals surface area contributed by atoms with E-state index in [0.29, 0.717) is 12.2 Å². The van der Waals surface area contributed by atoms with E-state index in [0.717, 1.165) is 18.3 Å². The van der Waals surface area contributed by atoms with Crippen LogP contribution in [-0.4, -0.2) is 12.2 Å². The monoisotopic (exact) mass is 178 g/mol. The summed E-state index contributed by atoms with van der Waals surface area (Å²) in [5.74, 6) is 1.85. The highest BCUT2D eigenvalue weighted by molar-refractivity contribution is 5.12. The van der Waals surface area contributed by atoms with E-state index < -0.39 is 0 Å². The van der Waals surface area contributed by atoms with Gasteiger partial charge in [0.15, 0.2) is 0 Å². The van der Waals surface area contributed by atoms with E-state index in [1.54, 1.807) is 0 Å². The molecule has 1 heteroatoms. The first-order valence-corrected chi connectivity index (χ1v) is 5.68. The average Bonchev–Trinajstić information content (AvgIpc) is 2.73. The van der Waals surface area contributed by atoms with E-state index >= 15 is 0 Å². The normalized spacial score (nSPS) is 49.1. The van der Waals surface area contributed by atoms with Crippen LogP contribution in [0.3, 0.4) is 0 Å². The van der Waals surface area contributed by atoms with Crippen LogP contribution >= 0.6 is 0 Å². The number of epoxide rings is 1. The van der Waals surface area contributed by atoms with Gasteiger partial charge in [-0.1, -0.05) is 18.6 Å². The van der Waals surface area contributed by atoms with Crippen LogP contribution in [0.1, 0.15) is 38.5 Å². The van der Waals surface area contributed by atoms with Crippen molar-refractivity contribution in [1.29, 1.82) is 0 Å². The molecule has 2 saturated carbocycles. The minimum absolute atomic E-state index is 0.562. The van der Waals surface area contributed by atoms with Crippen molar-refractivity contribution in [3.8, 4) is 0 Å². The molecular weight excluding hydrogens is 160 g/mol. The van der Waals surface area contributed by atoms with Crippen LogP contribution in [0.25, 0.3) is 0 Å². The van der Waals surface area contributed by atoms with Crippen LogP contribution in [0.2, 0.25) is 0 Å². The SMILES string of the molecule is C=C1CC2OC2CCCC2CCC12. The fourth-order valence-electron chi connectivity index (χ4n) is 3.06. The first kappa shape index (κ1) is 8.05. The molecule has 2 aliphatic carbocycles. The molecule has 0 aromatic heterocycles. The molecule has 3 fully saturated rings. The highest BCUT2D eigenvalue weighted by Crippen LogP contribution is 2.47. The second-order valence-electron chi connectivity index (χ2n) is 4.95. The van der Waals surface area contributed by atoms with E-state index in [1.165, 1.54) is 37.7 Å². The van der Waals surface area contributed by atoms with Gasteiger partial charge in [-0.15, -0.1) is 0 Å². The van der Waals surface area contributed by atoms with Crippen molar-refractivity contribution < 1.29 is 4.74 Å². The van der Waals surface area contributed by atoms with Gasteiger partial charge in [0.2, 0.25) is 0 Å². The van der Waals surface area contributed by atoms with Gasteiger partial charge >= 0.3 is 0 Å². The van der Waals surface area contributed by atoms with Crippen LogP contribution in [0, 0.1) is 11.8 Å². The van der Waals surface area contributed by atoms with E-state index in [9.17, 15) is 0 Å². The van der Waals surface area contributed by atoms with Gasteiger partial charge in [-0.2, -0.15) is 0 Å². The highest BCUT2D eigenvalue weighted by Gasteiger charge is 2.43. The van der Waals surface area contributed by atoms with Crippen molar-refractivity contribution in [2.45, 2.75) is 50.7 Å². The first-order chi connectivity index (χ1) is 6.34. The Morgan fingerprint density at radius 1 is 1.08 bits per heavy atom. The van der Waals surface area contributed by atoms with E-state index in [4.69, 9.17) is 4.74 Å². The number of hydrogen-bond donors (Lipinski definition) is 0. The number of hydrogen-bond acceptors (Lipinski definition) is 1. The topological polar surface area (TPSA) is 12.5 Å². The Hall–Kier alpha value is -0.300. The summed E-state index contributed by atoms with van der Waals surface area (Å²) < 4.78 is 5.61. The predicted octanol–water partition coefficient (Wildman–Crippen LogP) is 2.91. The Balaban J connectivity index is 1.71. The maximum Gasteiger partial charge on any atom is 0.0878 e. The summed E-state index contributed by atoms with van der Waals surface area (Å²) in [6.45, 7) is 4.24. The van der Waals surface area contributed by atoms with Crippen molar-refractivity contribution in [1.82, 2.24) is 0 Å². The Labute approximate surface area is 80.2 Å². The molecule has 1 heterocycles. The van der Waals surface area contributed by atoms with Crippen LogP contribution in [0.4, 0.5) is 0 Å². The first-order valence-electron chi connectivity index (χ1n) is 5.68. The maximum absolute atomic E-state index is 5.61. The molecular formula is C12H18O. The second kappa shape index (κ2) is 2.84. The average molecular weight is 178 g/mol. The predicted molar refractivity (Wildman–Crippen MR) is 52.5 cm³/mol. The lowest BCUT2D eigenvalue weighted by Gasteiger charge is -2.38. The smallest absolute Gasteiger partial charge is 0.0878 e. The number of fused-ring (bicyclic) bond motifs is 2. The Morgan fingerprint density at radius 2 is 2.00 bits per heavy atom. The molecule has 0 N–H and O–H groups in total. The maximum atomic E-state index is 5.61. The van der Waals surface area contributed by atoms with Gasteiger partial charge in [0, 0.05) is 0 Å². The minimum Gasteiger partial charge on any atom is -0.369 e. The van der Waals surface area contributed by atoms with Gasteiger partial charge in [-0.05, 0) is 43.9 Å². The largest absolute Gasteiger partial charge is 0.369 e. The third-order valence-electron chi connectivity index (χ3n) is 4.16. The molecule has 1 saturated heterocycles. The van der Waals surface area contributed by atoms with E-state index in [-0.39, 0.29) is 0 Å². The highest BCUT2D eigenvalue weighted by atomic mass is 16.6. The molecule has 3 rings (SSSR count). The zero-order valence-electron chi connectivity index (χ0n) is 8.17. The summed E-state index contributed by atoms with van der Waals surface area (Å²) in [5.41, 5.74) is 1.49. The molecule has 4 atom stereocenters. The van der Waals surface area contributed by atoms with E-state index in [1.807, 2.05) is 0 Å². The second-order valence-corrected chi connectivity index (χ2v) is 4.95. The summed E-state index contributed by atoms with van der Waals surface area (Å²) >= 11 is 0. The zero-order chi connectivity index (χ0) is 8.84. The Kier molecular flexibility index (Phi) is 1.76. The van der Waals surface area contributed by atoms with Crippen LogP contribution in [0.5, 0.6) is 0 Å². The molecule has 4 unspecified atom stereocenters. The molecule has 0 aromatic carbocycles. The molecule has 1 aliphatic heterocycles. The van der Waals surface area contributed by atoms with Crippen LogP contribution < -0.4 is 0 Å². The number of ether oxygens (including phenoxy) is 1. The van der Waals surface area contributed by atoms with Crippen molar-refractivity contribution >= 4 is 0 Å². The third-order valence-corrected chi connectivity index (χ3v) is 4.16. The molecule has 3 aliphatic rings. The quantitative estimate of drug-likeness (QED) is 0.410. The molecule has 0 bridgehead atoms. The fourth-order valence-corrected chi connectivity index (χ4v) is 3.06. The minimum atomic E-state index is 0.562. The lowest BCUT2D eigenvalue weighted by atomic mass is 9.67. The standard InChI is InChI=1S/C12H18O/c1-8-7-12-11(13-12)4-2-3-9-5-6-10(8)9/h9-12H,1-7H2. The number of rotatable bonds is 0. The van der Waals surface area contributed by atoms with Crippen molar-refractivity contribution in [2.24, 2.45) is 11.8 Å². The van der Waals surface area contributed by atoms with Gasteiger partial charge in [-0.25, -0.2) is 0 Å². The molecule has 13 heavy (non-hydrogen) atoms. The summed E-state index contributed by atoms with van der Waals surface area (Å²) in [5, 5.41) is 0. The molecule has 0 spiro atoms. The van der Waals surface area contributed by atoms with Gasteiger partial charge in [0.1, 0.15) is 0 Å². The fraction of sp³-hybridized carbons (Fsp3) is 0.833. The Morgan fingerprint density at radius 3 is 2.77 bits per heavy atom. The van der Waals surface area contributed by atoms with Gasteiger partial charge in [0.05, 0.1) is 12.2 Å². The third kappa shape index (κ3) is 1.34. The molecule has 0 aromatic rings. The van der Waals surface area contributed by atoms with Gasteiger partial charge in [-0.3, -0.25) is 0 Å². The molecule has 0 radical (unpaired) electrons. The zero-order valence-corrected chi connectivity index (χ0v) is 8.17. The van der Waals surface area contributed by atoms with Crippen LogP contribution in [-0.2, 0) is 4.74 Å².